The van der Waals surface area contributed by atoms with E-state index in [9.17, 15) is 0 Å². The Morgan fingerprint density at radius 2 is 2.08 bits per heavy atom. The number of hydrogen-bond acceptors (Lipinski definition) is 3. The lowest BCUT2D eigenvalue weighted by Crippen LogP contribution is -2.41. The third-order valence-corrected chi connectivity index (χ3v) is 3.04. The van der Waals surface area contributed by atoms with E-state index in [1.807, 2.05) is 0 Å². The minimum absolute atomic E-state index is 0.705. The van der Waals surface area contributed by atoms with Gasteiger partial charge in [-0.05, 0) is 32.2 Å². The van der Waals surface area contributed by atoms with Crippen molar-refractivity contribution >= 4 is 0 Å². The summed E-state index contributed by atoms with van der Waals surface area (Å²) in [5, 5.41) is 7.12. The van der Waals surface area contributed by atoms with Gasteiger partial charge in [0.15, 0.2) is 0 Å². The van der Waals surface area contributed by atoms with Crippen LogP contribution >= 0.6 is 0 Å². The Labute approximate surface area is 80.2 Å². The Balaban J connectivity index is 1.60. The maximum Gasteiger partial charge on any atom is 0.0480 e. The molecule has 2 N–H and O–H groups in total. The molecule has 0 aromatic carbocycles. The predicted octanol–water partition coefficient (Wildman–Crippen LogP) is 0.507. The second kappa shape index (κ2) is 4.94. The first kappa shape index (κ1) is 9.44. The smallest absolute Gasteiger partial charge is 0.0480 e. The van der Waals surface area contributed by atoms with Gasteiger partial charge in [0.2, 0.25) is 0 Å². The van der Waals surface area contributed by atoms with Crippen LogP contribution in [0.2, 0.25) is 0 Å². The van der Waals surface area contributed by atoms with Gasteiger partial charge in [0.05, 0.1) is 0 Å². The largest absolute Gasteiger partial charge is 0.381 e. The van der Waals surface area contributed by atoms with Crippen LogP contribution in [0, 0.1) is 0 Å². The molecule has 1 atom stereocenters. The van der Waals surface area contributed by atoms with E-state index >= 15 is 0 Å². The summed E-state index contributed by atoms with van der Waals surface area (Å²) >= 11 is 0. The summed E-state index contributed by atoms with van der Waals surface area (Å²) in [6.07, 6.45) is 5.07. The van der Waals surface area contributed by atoms with Crippen LogP contribution in [0.4, 0.5) is 0 Å². The Bertz CT molecular complexity index is 140. The van der Waals surface area contributed by atoms with Crippen molar-refractivity contribution in [2.45, 2.75) is 37.8 Å². The first-order chi connectivity index (χ1) is 6.45. The van der Waals surface area contributed by atoms with Gasteiger partial charge in [0, 0.05) is 31.8 Å². The molecule has 2 heterocycles. The third-order valence-electron chi connectivity index (χ3n) is 3.04. The molecule has 76 valence electrons. The normalized spacial score (nSPS) is 30.9. The molecule has 3 heteroatoms. The number of rotatable bonds is 3. The maximum atomic E-state index is 5.32. The number of hydrogen-bond donors (Lipinski definition) is 2. The van der Waals surface area contributed by atoms with Crippen LogP contribution in [-0.2, 0) is 4.74 Å². The number of ether oxygens (including phenoxy) is 1. The molecule has 0 radical (unpaired) electrons. The van der Waals surface area contributed by atoms with Gasteiger partial charge in [-0.25, -0.2) is 0 Å². The minimum atomic E-state index is 0.705. The average Bonchev–Trinajstić information content (AvgIpc) is 2.69. The van der Waals surface area contributed by atoms with E-state index in [1.54, 1.807) is 0 Å². The Hall–Kier alpha value is -0.120. The third kappa shape index (κ3) is 2.93. The maximum absolute atomic E-state index is 5.32. The van der Waals surface area contributed by atoms with Crippen molar-refractivity contribution in [3.05, 3.63) is 0 Å². The fraction of sp³-hybridized carbons (Fsp3) is 1.00. The zero-order valence-corrected chi connectivity index (χ0v) is 8.22. The lowest BCUT2D eigenvalue weighted by molar-refractivity contribution is 0.0775. The van der Waals surface area contributed by atoms with Gasteiger partial charge in [-0.1, -0.05) is 0 Å². The lowest BCUT2D eigenvalue weighted by Gasteiger charge is -2.24. The molecule has 13 heavy (non-hydrogen) atoms. The van der Waals surface area contributed by atoms with E-state index in [-0.39, 0.29) is 0 Å². The molecule has 0 bridgehead atoms. The topological polar surface area (TPSA) is 33.3 Å². The van der Waals surface area contributed by atoms with E-state index in [1.165, 1.54) is 32.2 Å². The highest BCUT2D eigenvalue weighted by Crippen LogP contribution is 2.08. The zero-order valence-electron chi connectivity index (χ0n) is 8.22. The van der Waals surface area contributed by atoms with Crippen LogP contribution in [0.5, 0.6) is 0 Å². The van der Waals surface area contributed by atoms with Crippen molar-refractivity contribution in [2.24, 2.45) is 0 Å². The molecule has 3 nitrogen and oxygen atoms in total. The van der Waals surface area contributed by atoms with Crippen LogP contribution in [0.25, 0.3) is 0 Å². The molecule has 2 aliphatic heterocycles. The predicted molar refractivity (Wildman–Crippen MR) is 52.9 cm³/mol. The van der Waals surface area contributed by atoms with Gasteiger partial charge >= 0.3 is 0 Å². The molecule has 0 spiro atoms. The molecular formula is C10H20N2O. The fourth-order valence-electron chi connectivity index (χ4n) is 2.14. The summed E-state index contributed by atoms with van der Waals surface area (Å²) < 4.78 is 5.32. The van der Waals surface area contributed by atoms with Gasteiger partial charge in [0.1, 0.15) is 0 Å². The van der Waals surface area contributed by atoms with Crippen molar-refractivity contribution in [1.29, 1.82) is 0 Å². The average molecular weight is 184 g/mol. The van der Waals surface area contributed by atoms with E-state index in [4.69, 9.17) is 4.74 Å². The van der Waals surface area contributed by atoms with Crippen molar-refractivity contribution in [3.8, 4) is 0 Å². The quantitative estimate of drug-likeness (QED) is 0.670. The molecule has 2 aliphatic rings. The summed E-state index contributed by atoms with van der Waals surface area (Å²) in [6, 6.07) is 1.43. The molecule has 2 fully saturated rings. The van der Waals surface area contributed by atoms with Crippen molar-refractivity contribution in [2.75, 3.05) is 26.3 Å². The molecule has 0 aromatic rings. The van der Waals surface area contributed by atoms with Gasteiger partial charge < -0.3 is 15.4 Å². The van der Waals surface area contributed by atoms with Gasteiger partial charge in [-0.15, -0.1) is 0 Å². The van der Waals surface area contributed by atoms with Crippen molar-refractivity contribution in [3.63, 3.8) is 0 Å². The van der Waals surface area contributed by atoms with Crippen molar-refractivity contribution < 1.29 is 4.74 Å². The SMILES string of the molecule is C1CNC(CNC2CCOCC2)C1. The van der Waals surface area contributed by atoms with Gasteiger partial charge in [-0.2, -0.15) is 0 Å². The number of nitrogens with one attached hydrogen (secondary N) is 2. The monoisotopic (exact) mass is 184 g/mol. The summed E-state index contributed by atoms with van der Waals surface area (Å²) in [5.74, 6) is 0. The zero-order chi connectivity index (χ0) is 8.93. The van der Waals surface area contributed by atoms with Crippen LogP contribution in [-0.4, -0.2) is 38.4 Å². The summed E-state index contributed by atoms with van der Waals surface area (Å²) in [7, 11) is 0. The first-order valence-electron chi connectivity index (χ1n) is 5.49. The second-order valence-corrected chi connectivity index (χ2v) is 4.09. The van der Waals surface area contributed by atoms with Crippen LogP contribution in [0.1, 0.15) is 25.7 Å². The van der Waals surface area contributed by atoms with Gasteiger partial charge in [0.25, 0.3) is 0 Å². The molecule has 0 saturated carbocycles. The highest BCUT2D eigenvalue weighted by molar-refractivity contribution is 4.79. The lowest BCUT2D eigenvalue weighted by atomic mass is 10.1. The minimum Gasteiger partial charge on any atom is -0.381 e. The van der Waals surface area contributed by atoms with Crippen LogP contribution in [0.15, 0.2) is 0 Å². The summed E-state index contributed by atoms with van der Waals surface area (Å²) in [4.78, 5) is 0. The molecule has 0 aromatic heterocycles. The Kier molecular flexibility index (Phi) is 3.58. The van der Waals surface area contributed by atoms with E-state index < -0.39 is 0 Å². The molecule has 1 unspecified atom stereocenters. The van der Waals surface area contributed by atoms with Crippen molar-refractivity contribution in [1.82, 2.24) is 10.6 Å². The molecule has 0 aliphatic carbocycles. The van der Waals surface area contributed by atoms with E-state index in [0.717, 1.165) is 25.8 Å². The Morgan fingerprint density at radius 1 is 1.23 bits per heavy atom. The summed E-state index contributed by atoms with van der Waals surface area (Å²) in [6.45, 7) is 4.23. The Morgan fingerprint density at radius 3 is 2.77 bits per heavy atom. The van der Waals surface area contributed by atoms with E-state index in [2.05, 4.69) is 10.6 Å². The highest BCUT2D eigenvalue weighted by atomic mass is 16.5. The molecular weight excluding hydrogens is 164 g/mol. The van der Waals surface area contributed by atoms with E-state index in [0.29, 0.717) is 6.04 Å². The second-order valence-electron chi connectivity index (χ2n) is 4.09. The first-order valence-corrected chi connectivity index (χ1v) is 5.49. The standard InChI is InChI=1S/C10H20N2O/c1-2-10(11-5-1)8-12-9-3-6-13-7-4-9/h9-12H,1-8H2. The molecule has 2 saturated heterocycles. The fourth-order valence-corrected chi connectivity index (χ4v) is 2.14. The molecule has 2 rings (SSSR count). The highest BCUT2D eigenvalue weighted by Gasteiger charge is 2.17. The van der Waals surface area contributed by atoms with Gasteiger partial charge in [-0.3, -0.25) is 0 Å². The van der Waals surface area contributed by atoms with Crippen LogP contribution < -0.4 is 10.6 Å². The van der Waals surface area contributed by atoms with Crippen LogP contribution in [0.3, 0.4) is 0 Å². The molecule has 0 amide bonds. The summed E-state index contributed by atoms with van der Waals surface area (Å²) in [5.41, 5.74) is 0.